The van der Waals surface area contributed by atoms with E-state index < -0.39 is 0 Å². The van der Waals surface area contributed by atoms with Crippen LogP contribution >= 0.6 is 0 Å². The zero-order valence-electron chi connectivity index (χ0n) is 14.8. The molecule has 4 heterocycles. The zero-order valence-corrected chi connectivity index (χ0v) is 14.8. The van der Waals surface area contributed by atoms with Gasteiger partial charge in [-0.2, -0.15) is 5.10 Å². The minimum Gasteiger partial charge on any atom is -0.334 e. The van der Waals surface area contributed by atoms with Gasteiger partial charge >= 0.3 is 0 Å². The summed E-state index contributed by atoms with van der Waals surface area (Å²) in [5, 5.41) is 7.18. The first-order chi connectivity index (χ1) is 12.5. The van der Waals surface area contributed by atoms with Gasteiger partial charge in [0.1, 0.15) is 12.7 Å². The monoisotopic (exact) mass is 355 g/mol. The van der Waals surface area contributed by atoms with Gasteiger partial charge in [-0.1, -0.05) is 0 Å². The fourth-order valence-corrected chi connectivity index (χ4v) is 3.50. The summed E-state index contributed by atoms with van der Waals surface area (Å²) in [7, 11) is 0. The number of fused-ring (bicyclic) bond motifs is 1. The van der Waals surface area contributed by atoms with Gasteiger partial charge in [-0.25, -0.2) is 14.5 Å². The highest BCUT2D eigenvalue weighted by Gasteiger charge is 2.31. The van der Waals surface area contributed by atoms with Crippen LogP contribution in [0.4, 0.5) is 0 Å². The van der Waals surface area contributed by atoms with Crippen molar-refractivity contribution in [2.75, 3.05) is 6.54 Å². The molecule has 0 radical (unpaired) electrons. The Hall–Kier alpha value is -2.97. The highest BCUT2D eigenvalue weighted by molar-refractivity contribution is 5.77. The maximum Gasteiger partial charge on any atom is 0.275 e. The molecule has 9 nitrogen and oxygen atoms in total. The number of H-pyrrole nitrogens is 1. The smallest absolute Gasteiger partial charge is 0.275 e. The van der Waals surface area contributed by atoms with Gasteiger partial charge in [0.2, 0.25) is 5.91 Å². The van der Waals surface area contributed by atoms with E-state index in [-0.39, 0.29) is 17.5 Å². The zero-order chi connectivity index (χ0) is 18.3. The maximum atomic E-state index is 12.7. The van der Waals surface area contributed by atoms with Gasteiger partial charge in [-0.05, 0) is 26.7 Å². The Labute approximate surface area is 149 Å². The SMILES string of the molecule is Cc1nc2cc([C@@H]3CCCN3C(=O)CCn3cncn3)[nH]n2c(=O)c1C. The second-order valence-electron chi connectivity index (χ2n) is 6.69. The van der Waals surface area contributed by atoms with Crippen LogP contribution in [0.1, 0.15) is 42.3 Å². The van der Waals surface area contributed by atoms with E-state index >= 15 is 0 Å². The molecule has 1 amide bonds. The van der Waals surface area contributed by atoms with E-state index in [0.717, 1.165) is 30.8 Å². The standard InChI is InChI=1S/C17H21N7O2/c1-11-12(2)20-15-8-13(21-24(15)17(11)26)14-4-3-6-23(14)16(25)5-7-22-10-18-9-19-22/h8-10,14,21H,3-7H2,1-2H3/t14-/m0/s1. The fourth-order valence-electron chi connectivity index (χ4n) is 3.50. The molecular weight excluding hydrogens is 334 g/mol. The maximum absolute atomic E-state index is 12.7. The van der Waals surface area contributed by atoms with Crippen LogP contribution in [0.5, 0.6) is 0 Å². The lowest BCUT2D eigenvalue weighted by atomic mass is 10.1. The fraction of sp³-hybridized carbons (Fsp3) is 0.471. The van der Waals surface area contributed by atoms with E-state index in [2.05, 4.69) is 20.2 Å². The third-order valence-electron chi connectivity index (χ3n) is 5.06. The molecule has 26 heavy (non-hydrogen) atoms. The summed E-state index contributed by atoms with van der Waals surface area (Å²) < 4.78 is 3.12. The lowest BCUT2D eigenvalue weighted by Crippen LogP contribution is -2.31. The summed E-state index contributed by atoms with van der Waals surface area (Å²) in [5.74, 6) is 0.0781. The Morgan fingerprint density at radius 1 is 1.38 bits per heavy atom. The number of hydrogen-bond acceptors (Lipinski definition) is 5. The van der Waals surface area contributed by atoms with E-state index in [4.69, 9.17) is 0 Å². The molecule has 4 rings (SSSR count). The highest BCUT2D eigenvalue weighted by Crippen LogP contribution is 2.31. The Morgan fingerprint density at radius 3 is 3.00 bits per heavy atom. The van der Waals surface area contributed by atoms with Crippen molar-refractivity contribution in [2.24, 2.45) is 0 Å². The molecule has 1 aliphatic heterocycles. The average molecular weight is 355 g/mol. The third kappa shape index (κ3) is 2.79. The lowest BCUT2D eigenvalue weighted by Gasteiger charge is -2.23. The number of aryl methyl sites for hydroxylation is 2. The van der Waals surface area contributed by atoms with Gasteiger partial charge in [0.05, 0.1) is 18.3 Å². The Morgan fingerprint density at radius 2 is 2.23 bits per heavy atom. The number of hydrogen-bond donors (Lipinski definition) is 1. The molecule has 1 N–H and O–H groups in total. The number of carbonyl (C=O) groups excluding carboxylic acids is 1. The molecule has 3 aromatic rings. The molecule has 1 aliphatic rings. The number of aromatic amines is 1. The van der Waals surface area contributed by atoms with Gasteiger partial charge < -0.3 is 4.90 Å². The summed E-state index contributed by atoms with van der Waals surface area (Å²) in [5.41, 5.74) is 2.71. The number of nitrogens with one attached hydrogen (secondary N) is 1. The first-order valence-electron chi connectivity index (χ1n) is 8.75. The van der Waals surface area contributed by atoms with Crippen LogP contribution in [0.25, 0.3) is 5.65 Å². The molecule has 1 fully saturated rings. The number of nitrogens with zero attached hydrogens (tertiary/aromatic N) is 6. The predicted molar refractivity (Wildman–Crippen MR) is 93.6 cm³/mol. The molecule has 0 bridgehead atoms. The lowest BCUT2D eigenvalue weighted by molar-refractivity contribution is -0.132. The van der Waals surface area contributed by atoms with Crippen LogP contribution in [0.2, 0.25) is 0 Å². The Bertz CT molecular complexity index is 1000. The summed E-state index contributed by atoms with van der Waals surface area (Å²) in [6.45, 7) is 4.83. The number of carbonyl (C=O) groups is 1. The molecule has 1 saturated heterocycles. The van der Waals surface area contributed by atoms with E-state index in [1.54, 1.807) is 17.9 Å². The van der Waals surface area contributed by atoms with E-state index in [9.17, 15) is 9.59 Å². The number of aromatic nitrogens is 6. The van der Waals surface area contributed by atoms with Crippen molar-refractivity contribution in [1.82, 2.24) is 34.3 Å². The van der Waals surface area contributed by atoms with Crippen LogP contribution in [0.15, 0.2) is 23.5 Å². The Kier molecular flexibility index (Phi) is 4.06. The van der Waals surface area contributed by atoms with Crippen molar-refractivity contribution in [1.29, 1.82) is 0 Å². The van der Waals surface area contributed by atoms with Crippen molar-refractivity contribution >= 4 is 11.6 Å². The third-order valence-corrected chi connectivity index (χ3v) is 5.06. The molecular formula is C17H21N7O2. The van der Waals surface area contributed by atoms with Crippen LogP contribution in [0, 0.1) is 13.8 Å². The molecule has 136 valence electrons. The largest absolute Gasteiger partial charge is 0.334 e. The topological polar surface area (TPSA) is 101 Å². The number of likely N-dealkylation sites (tertiary alicyclic amines) is 1. The summed E-state index contributed by atoms with van der Waals surface area (Å²) >= 11 is 0. The minimum atomic E-state index is -0.0965. The van der Waals surface area contributed by atoms with E-state index in [1.165, 1.54) is 10.8 Å². The van der Waals surface area contributed by atoms with Gasteiger partial charge in [0.15, 0.2) is 5.65 Å². The number of amides is 1. The normalized spacial score (nSPS) is 17.3. The highest BCUT2D eigenvalue weighted by atomic mass is 16.2. The number of rotatable bonds is 4. The minimum absolute atomic E-state index is 0.0556. The molecule has 9 heteroatoms. The van der Waals surface area contributed by atoms with Gasteiger partial charge in [0, 0.05) is 30.3 Å². The first-order valence-corrected chi connectivity index (χ1v) is 8.75. The summed E-state index contributed by atoms with van der Waals surface area (Å²) in [6.07, 6.45) is 5.25. The average Bonchev–Trinajstić information content (AvgIpc) is 3.36. The van der Waals surface area contributed by atoms with Crippen molar-refractivity contribution < 1.29 is 4.79 Å². The van der Waals surface area contributed by atoms with Gasteiger partial charge in [-0.15, -0.1) is 0 Å². The Balaban J connectivity index is 1.58. The first kappa shape index (κ1) is 16.5. The molecule has 1 atom stereocenters. The van der Waals surface area contributed by atoms with E-state index in [0.29, 0.717) is 24.2 Å². The summed E-state index contributed by atoms with van der Waals surface area (Å²) in [4.78, 5) is 35.4. The van der Waals surface area contributed by atoms with Crippen molar-refractivity contribution in [3.8, 4) is 0 Å². The molecule has 0 aromatic carbocycles. The quantitative estimate of drug-likeness (QED) is 0.752. The molecule has 0 unspecified atom stereocenters. The van der Waals surface area contributed by atoms with Crippen LogP contribution < -0.4 is 5.56 Å². The second kappa shape index (κ2) is 6.40. The predicted octanol–water partition coefficient (Wildman–Crippen LogP) is 0.985. The van der Waals surface area contributed by atoms with Crippen LogP contribution in [-0.2, 0) is 11.3 Å². The van der Waals surface area contributed by atoms with Crippen LogP contribution in [0.3, 0.4) is 0 Å². The summed E-state index contributed by atoms with van der Waals surface area (Å²) in [6, 6.07) is 1.82. The molecule has 0 aliphatic carbocycles. The van der Waals surface area contributed by atoms with Crippen molar-refractivity contribution in [3.05, 3.63) is 46.0 Å². The van der Waals surface area contributed by atoms with Gasteiger partial charge in [-0.3, -0.25) is 19.4 Å². The second-order valence-corrected chi connectivity index (χ2v) is 6.69. The van der Waals surface area contributed by atoms with Crippen molar-refractivity contribution in [3.63, 3.8) is 0 Å². The molecule has 0 spiro atoms. The van der Waals surface area contributed by atoms with Crippen molar-refractivity contribution in [2.45, 2.75) is 45.7 Å². The van der Waals surface area contributed by atoms with Gasteiger partial charge in [0.25, 0.3) is 5.56 Å². The molecule has 3 aromatic heterocycles. The van der Waals surface area contributed by atoms with Crippen LogP contribution in [-0.4, -0.2) is 46.7 Å². The van der Waals surface area contributed by atoms with E-state index in [1.807, 2.05) is 17.9 Å². The molecule has 0 saturated carbocycles.